The SMILES string of the molecule is COc1cc(C(C(=O)Nc2ccc(N(C)C)cc2)N(Cc2ccc(Cl)cc2)C(=O)CN2C(=O)C(=O)c3ccccc32)cc(OC)c1OC. The van der Waals surface area contributed by atoms with E-state index in [1.54, 1.807) is 72.8 Å². The molecule has 0 saturated heterocycles. The van der Waals surface area contributed by atoms with Crippen molar-refractivity contribution in [1.82, 2.24) is 4.90 Å². The number of ether oxygens (including phenoxy) is 3. The van der Waals surface area contributed by atoms with E-state index < -0.39 is 36.1 Å². The monoisotopic (exact) mass is 670 g/mol. The maximum atomic E-state index is 14.5. The maximum Gasteiger partial charge on any atom is 0.299 e. The van der Waals surface area contributed by atoms with Crippen LogP contribution in [0, 0.1) is 0 Å². The number of ketones is 1. The molecule has 5 rings (SSSR count). The third-order valence-corrected chi connectivity index (χ3v) is 8.22. The quantitative estimate of drug-likeness (QED) is 0.200. The number of nitrogens with zero attached hydrogens (tertiary/aromatic N) is 3. The second-order valence-corrected chi connectivity index (χ2v) is 11.6. The number of carbonyl (C=O) groups is 4. The Labute approximate surface area is 283 Å². The lowest BCUT2D eigenvalue weighted by atomic mass is 10.0. The summed E-state index contributed by atoms with van der Waals surface area (Å²) >= 11 is 6.16. The van der Waals surface area contributed by atoms with Crippen molar-refractivity contribution in [2.45, 2.75) is 12.6 Å². The van der Waals surface area contributed by atoms with Crippen molar-refractivity contribution >= 4 is 52.2 Å². The highest BCUT2D eigenvalue weighted by molar-refractivity contribution is 6.52. The van der Waals surface area contributed by atoms with Gasteiger partial charge in [-0.25, -0.2) is 0 Å². The molecule has 1 unspecified atom stereocenters. The first-order valence-corrected chi connectivity index (χ1v) is 15.3. The number of fused-ring (bicyclic) bond motifs is 1. The Morgan fingerprint density at radius 1 is 0.854 bits per heavy atom. The van der Waals surface area contributed by atoms with E-state index in [4.69, 9.17) is 25.8 Å². The molecule has 4 aromatic rings. The number of rotatable bonds is 12. The predicted octanol–water partition coefficient (Wildman–Crippen LogP) is 5.37. The van der Waals surface area contributed by atoms with Gasteiger partial charge in [-0.15, -0.1) is 0 Å². The summed E-state index contributed by atoms with van der Waals surface area (Å²) in [7, 11) is 8.18. The molecule has 1 N–H and O–H groups in total. The van der Waals surface area contributed by atoms with Gasteiger partial charge in [-0.05, 0) is 71.8 Å². The van der Waals surface area contributed by atoms with E-state index >= 15 is 0 Å². The fourth-order valence-corrected chi connectivity index (χ4v) is 5.65. The number of nitrogens with one attached hydrogen (secondary N) is 1. The van der Waals surface area contributed by atoms with Crippen LogP contribution in [0.3, 0.4) is 0 Å². The van der Waals surface area contributed by atoms with Crippen molar-refractivity contribution in [3.05, 3.63) is 107 Å². The Morgan fingerprint density at radius 2 is 1.48 bits per heavy atom. The predicted molar refractivity (Wildman–Crippen MR) is 183 cm³/mol. The first-order chi connectivity index (χ1) is 23.1. The number of amides is 3. The summed E-state index contributed by atoms with van der Waals surface area (Å²) < 4.78 is 16.7. The van der Waals surface area contributed by atoms with Gasteiger partial charge >= 0.3 is 0 Å². The van der Waals surface area contributed by atoms with Crippen molar-refractivity contribution in [1.29, 1.82) is 0 Å². The van der Waals surface area contributed by atoms with Gasteiger partial charge in [0.1, 0.15) is 12.6 Å². The van der Waals surface area contributed by atoms with E-state index in [1.807, 2.05) is 31.1 Å². The molecule has 1 atom stereocenters. The first kappa shape index (κ1) is 33.8. The zero-order valence-electron chi connectivity index (χ0n) is 27.2. The van der Waals surface area contributed by atoms with E-state index in [1.165, 1.54) is 26.2 Å². The molecule has 0 aromatic heterocycles. The van der Waals surface area contributed by atoms with Crippen molar-refractivity contribution in [3.63, 3.8) is 0 Å². The van der Waals surface area contributed by atoms with Crippen molar-refractivity contribution in [3.8, 4) is 17.2 Å². The highest BCUT2D eigenvalue weighted by atomic mass is 35.5. The highest BCUT2D eigenvalue weighted by Gasteiger charge is 2.40. The molecule has 0 spiro atoms. The summed E-state index contributed by atoms with van der Waals surface area (Å²) in [5.41, 5.74) is 2.97. The Morgan fingerprint density at radius 3 is 2.06 bits per heavy atom. The fraction of sp³-hybridized carbons (Fsp3) is 0.222. The number of hydrogen-bond donors (Lipinski definition) is 1. The number of carbonyl (C=O) groups excluding carboxylic acids is 4. The zero-order chi connectivity index (χ0) is 34.5. The number of methoxy groups -OCH3 is 3. The second-order valence-electron chi connectivity index (χ2n) is 11.2. The molecule has 248 valence electrons. The summed E-state index contributed by atoms with van der Waals surface area (Å²) in [5, 5.41) is 3.44. The largest absolute Gasteiger partial charge is 0.493 e. The van der Waals surface area contributed by atoms with Gasteiger partial charge in [-0.3, -0.25) is 24.1 Å². The Kier molecular flexibility index (Phi) is 10.2. The number of hydrogen-bond acceptors (Lipinski definition) is 8. The topological polar surface area (TPSA) is 118 Å². The summed E-state index contributed by atoms with van der Waals surface area (Å²) in [5.74, 6) is -1.83. The lowest BCUT2D eigenvalue weighted by molar-refractivity contribution is -0.139. The molecule has 1 aliphatic rings. The second kappa shape index (κ2) is 14.5. The van der Waals surface area contributed by atoms with Crippen LogP contribution in [0.25, 0.3) is 0 Å². The molecule has 12 heteroatoms. The average Bonchev–Trinajstić information content (AvgIpc) is 3.33. The third kappa shape index (κ3) is 6.91. The molecule has 0 aliphatic carbocycles. The lowest BCUT2D eigenvalue weighted by Gasteiger charge is -2.33. The minimum Gasteiger partial charge on any atom is -0.493 e. The number of Topliss-reactive ketones (excluding diaryl/α,β-unsaturated/α-hetero) is 1. The fourth-order valence-electron chi connectivity index (χ4n) is 5.53. The van der Waals surface area contributed by atoms with Crippen molar-refractivity contribution in [2.24, 2.45) is 0 Å². The van der Waals surface area contributed by atoms with Gasteiger partial charge in [0, 0.05) is 37.0 Å². The van der Waals surface area contributed by atoms with Crippen LogP contribution in [0.15, 0.2) is 84.9 Å². The highest BCUT2D eigenvalue weighted by Crippen LogP contribution is 2.41. The van der Waals surface area contributed by atoms with E-state index in [2.05, 4.69) is 5.32 Å². The lowest BCUT2D eigenvalue weighted by Crippen LogP contribution is -2.46. The summed E-state index contributed by atoms with van der Waals surface area (Å²) in [6.07, 6.45) is 0. The molecule has 0 radical (unpaired) electrons. The van der Waals surface area contributed by atoms with E-state index in [-0.39, 0.29) is 23.6 Å². The standard InChI is InChI=1S/C36H35ClN4O7/c1-39(2)26-16-14-25(15-17-26)38-35(44)32(23-18-29(46-3)34(48-5)30(19-23)47-4)41(20-22-10-12-24(37)13-11-22)31(42)21-40-28-9-7-6-8-27(28)33(43)36(40)45/h6-19,32H,20-21H2,1-5H3,(H,38,44). The normalized spacial score (nSPS) is 12.7. The van der Waals surface area contributed by atoms with Gasteiger partial charge in [-0.2, -0.15) is 0 Å². The molecule has 11 nitrogen and oxygen atoms in total. The number of halogens is 1. The molecule has 3 amide bonds. The van der Waals surface area contributed by atoms with E-state index in [0.29, 0.717) is 33.3 Å². The van der Waals surface area contributed by atoms with Gasteiger partial charge in [0.15, 0.2) is 11.5 Å². The summed E-state index contributed by atoms with van der Waals surface area (Å²) in [6, 6.07) is 22.5. The molecule has 1 heterocycles. The van der Waals surface area contributed by atoms with Crippen LogP contribution in [0.1, 0.15) is 27.5 Å². The van der Waals surface area contributed by atoms with Crippen LogP contribution in [-0.4, -0.2) is 70.4 Å². The molecule has 4 aromatic carbocycles. The van der Waals surface area contributed by atoms with E-state index in [9.17, 15) is 19.2 Å². The number of benzene rings is 4. The van der Waals surface area contributed by atoms with Gasteiger partial charge in [-0.1, -0.05) is 35.9 Å². The van der Waals surface area contributed by atoms with Gasteiger partial charge in [0.2, 0.25) is 11.7 Å². The summed E-state index contributed by atoms with van der Waals surface area (Å²) in [6.45, 7) is -0.553. The van der Waals surface area contributed by atoms with Crippen LogP contribution in [0.2, 0.25) is 5.02 Å². The molecule has 0 fully saturated rings. The minimum atomic E-state index is -1.28. The smallest absolute Gasteiger partial charge is 0.299 e. The van der Waals surface area contributed by atoms with Crippen molar-refractivity contribution in [2.75, 3.05) is 57.1 Å². The zero-order valence-corrected chi connectivity index (χ0v) is 27.9. The third-order valence-electron chi connectivity index (χ3n) is 7.97. The molecule has 0 saturated carbocycles. The van der Waals surface area contributed by atoms with Gasteiger partial charge in [0.05, 0.1) is 32.6 Å². The van der Waals surface area contributed by atoms with Gasteiger partial charge < -0.3 is 29.3 Å². The van der Waals surface area contributed by atoms with Gasteiger partial charge in [0.25, 0.3) is 17.6 Å². The molecule has 0 bridgehead atoms. The van der Waals surface area contributed by atoms with Crippen LogP contribution >= 0.6 is 11.6 Å². The summed E-state index contributed by atoms with van der Waals surface area (Å²) in [4.78, 5) is 59.2. The first-order valence-electron chi connectivity index (χ1n) is 14.9. The van der Waals surface area contributed by atoms with Crippen LogP contribution < -0.4 is 29.3 Å². The molecular weight excluding hydrogens is 636 g/mol. The average molecular weight is 671 g/mol. The Bertz CT molecular complexity index is 1820. The van der Waals surface area contributed by atoms with Crippen LogP contribution in [-0.2, 0) is 20.9 Å². The molecular formula is C36H35ClN4O7. The van der Waals surface area contributed by atoms with Crippen LogP contribution in [0.5, 0.6) is 17.2 Å². The number of anilines is 3. The molecule has 48 heavy (non-hydrogen) atoms. The maximum absolute atomic E-state index is 14.5. The molecule has 1 aliphatic heterocycles. The Balaban J connectivity index is 1.63. The van der Waals surface area contributed by atoms with E-state index in [0.717, 1.165) is 10.6 Å². The minimum absolute atomic E-state index is 0.0536. The number of para-hydroxylation sites is 1. The van der Waals surface area contributed by atoms with Crippen molar-refractivity contribution < 1.29 is 33.4 Å². The Hall–Kier alpha value is -5.55. The van der Waals surface area contributed by atoms with Crippen LogP contribution in [0.4, 0.5) is 17.1 Å².